The van der Waals surface area contributed by atoms with Crippen molar-refractivity contribution < 1.29 is 4.39 Å². The van der Waals surface area contributed by atoms with Crippen molar-refractivity contribution in [3.8, 4) is 23.0 Å². The molecule has 0 radical (unpaired) electrons. The first-order valence-corrected chi connectivity index (χ1v) is 6.59. The summed E-state index contributed by atoms with van der Waals surface area (Å²) in [6.45, 7) is 0. The van der Waals surface area contributed by atoms with Crippen LogP contribution >= 0.6 is 11.6 Å². The topological polar surface area (TPSA) is 41.6 Å². The Labute approximate surface area is 125 Å². The van der Waals surface area contributed by atoms with Gasteiger partial charge < -0.3 is 0 Å². The van der Waals surface area contributed by atoms with Crippen LogP contribution < -0.4 is 0 Å². The molecule has 0 fully saturated rings. The predicted octanol–water partition coefficient (Wildman–Crippen LogP) is 4.20. The van der Waals surface area contributed by atoms with E-state index in [-0.39, 0.29) is 16.4 Å². The van der Waals surface area contributed by atoms with Crippen LogP contribution in [0.2, 0.25) is 5.15 Å². The van der Waals surface area contributed by atoms with Gasteiger partial charge in [-0.05, 0) is 12.1 Å². The number of aromatic nitrogens is 2. The highest BCUT2D eigenvalue weighted by molar-refractivity contribution is 6.31. The molecule has 0 amide bonds. The first kappa shape index (κ1) is 13.3. The SMILES string of the molecule is N#Cc1c(-c2ccccc2)nn(-c2ccccc2F)c1Cl. The molecule has 0 aliphatic rings. The standard InChI is InChI=1S/C16H9ClFN3/c17-16-12(10-19)15(11-6-2-1-3-7-11)20-21(16)14-9-5-4-8-13(14)18/h1-9H. The highest BCUT2D eigenvalue weighted by atomic mass is 35.5. The van der Waals surface area contributed by atoms with Gasteiger partial charge in [0.2, 0.25) is 0 Å². The van der Waals surface area contributed by atoms with Gasteiger partial charge in [-0.1, -0.05) is 54.1 Å². The third-order valence-electron chi connectivity index (χ3n) is 3.07. The second-order valence-corrected chi connectivity index (χ2v) is 4.71. The molecule has 2 aromatic carbocycles. The number of nitriles is 1. The van der Waals surface area contributed by atoms with E-state index in [0.717, 1.165) is 5.56 Å². The van der Waals surface area contributed by atoms with Crippen molar-refractivity contribution >= 4 is 11.6 Å². The first-order chi connectivity index (χ1) is 10.2. The van der Waals surface area contributed by atoms with E-state index >= 15 is 0 Å². The van der Waals surface area contributed by atoms with E-state index in [2.05, 4.69) is 5.10 Å². The summed E-state index contributed by atoms with van der Waals surface area (Å²) in [5.41, 5.74) is 1.63. The Morgan fingerprint density at radius 2 is 1.71 bits per heavy atom. The van der Waals surface area contributed by atoms with Crippen LogP contribution in [0.1, 0.15) is 5.56 Å². The van der Waals surface area contributed by atoms with Crippen molar-refractivity contribution in [2.75, 3.05) is 0 Å². The van der Waals surface area contributed by atoms with Crippen LogP contribution in [0.25, 0.3) is 16.9 Å². The van der Waals surface area contributed by atoms with Crippen molar-refractivity contribution in [1.29, 1.82) is 5.26 Å². The van der Waals surface area contributed by atoms with E-state index in [1.54, 1.807) is 18.2 Å². The minimum atomic E-state index is -0.453. The zero-order valence-electron chi connectivity index (χ0n) is 10.8. The lowest BCUT2D eigenvalue weighted by atomic mass is 10.1. The second-order valence-electron chi connectivity index (χ2n) is 4.36. The predicted molar refractivity (Wildman–Crippen MR) is 78.7 cm³/mol. The molecule has 0 aliphatic carbocycles. The second kappa shape index (κ2) is 5.39. The molecule has 1 heterocycles. The Morgan fingerprint density at radius 1 is 1.05 bits per heavy atom. The molecule has 0 N–H and O–H groups in total. The van der Waals surface area contributed by atoms with Crippen LogP contribution in [0, 0.1) is 17.1 Å². The Bertz CT molecular complexity index is 834. The third-order valence-corrected chi connectivity index (χ3v) is 3.42. The van der Waals surface area contributed by atoms with E-state index in [0.29, 0.717) is 5.69 Å². The molecule has 0 unspecified atom stereocenters. The Balaban J connectivity index is 2.25. The van der Waals surface area contributed by atoms with Crippen LogP contribution in [-0.2, 0) is 0 Å². The van der Waals surface area contributed by atoms with Gasteiger partial charge in [0.15, 0.2) is 5.15 Å². The average molecular weight is 298 g/mol. The molecule has 0 bridgehead atoms. The van der Waals surface area contributed by atoms with Crippen LogP contribution in [0.15, 0.2) is 54.6 Å². The van der Waals surface area contributed by atoms with Gasteiger partial charge in [-0.2, -0.15) is 10.4 Å². The van der Waals surface area contributed by atoms with Gasteiger partial charge in [0, 0.05) is 5.56 Å². The maximum atomic E-state index is 13.9. The fourth-order valence-electron chi connectivity index (χ4n) is 2.08. The fourth-order valence-corrected chi connectivity index (χ4v) is 2.34. The maximum absolute atomic E-state index is 13.9. The normalized spacial score (nSPS) is 10.3. The van der Waals surface area contributed by atoms with Gasteiger partial charge in [-0.25, -0.2) is 9.07 Å². The van der Waals surface area contributed by atoms with Crippen LogP contribution in [0.5, 0.6) is 0 Å². The van der Waals surface area contributed by atoms with E-state index < -0.39 is 5.82 Å². The quantitative estimate of drug-likeness (QED) is 0.711. The number of benzene rings is 2. The van der Waals surface area contributed by atoms with E-state index in [9.17, 15) is 9.65 Å². The van der Waals surface area contributed by atoms with Crippen molar-refractivity contribution in [1.82, 2.24) is 9.78 Å². The number of hydrogen-bond donors (Lipinski definition) is 0. The summed E-state index contributed by atoms with van der Waals surface area (Å²) >= 11 is 6.20. The molecule has 0 spiro atoms. The van der Waals surface area contributed by atoms with Gasteiger partial charge in [0.05, 0.1) is 0 Å². The average Bonchev–Trinajstić information content (AvgIpc) is 2.85. The molecule has 5 heteroatoms. The van der Waals surface area contributed by atoms with Crippen molar-refractivity contribution in [3.05, 3.63) is 71.1 Å². The van der Waals surface area contributed by atoms with E-state index in [1.165, 1.54) is 10.7 Å². The highest BCUT2D eigenvalue weighted by Gasteiger charge is 2.19. The van der Waals surface area contributed by atoms with Gasteiger partial charge >= 0.3 is 0 Å². The van der Waals surface area contributed by atoms with Crippen molar-refractivity contribution in [3.63, 3.8) is 0 Å². The molecule has 1 aromatic heterocycles. The van der Waals surface area contributed by atoms with Crippen molar-refractivity contribution in [2.24, 2.45) is 0 Å². The summed E-state index contributed by atoms with van der Waals surface area (Å²) in [6.07, 6.45) is 0. The lowest BCUT2D eigenvalue weighted by molar-refractivity contribution is 0.611. The third kappa shape index (κ3) is 2.28. The van der Waals surface area contributed by atoms with Gasteiger partial charge in [0.1, 0.15) is 28.8 Å². The summed E-state index contributed by atoms with van der Waals surface area (Å²) in [6, 6.07) is 17.4. The highest BCUT2D eigenvalue weighted by Crippen LogP contribution is 2.30. The Kier molecular flexibility index (Phi) is 3.43. The van der Waals surface area contributed by atoms with Crippen LogP contribution in [-0.4, -0.2) is 9.78 Å². The fraction of sp³-hybridized carbons (Fsp3) is 0. The smallest absolute Gasteiger partial charge is 0.151 e. The van der Waals surface area contributed by atoms with Crippen molar-refractivity contribution in [2.45, 2.75) is 0 Å². The van der Waals surface area contributed by atoms with E-state index in [1.807, 2.05) is 36.4 Å². The molecular weight excluding hydrogens is 289 g/mol. The van der Waals surface area contributed by atoms with Crippen LogP contribution in [0.4, 0.5) is 4.39 Å². The number of hydrogen-bond acceptors (Lipinski definition) is 2. The number of para-hydroxylation sites is 1. The number of halogens is 2. The molecule has 0 atom stereocenters. The number of nitrogens with zero attached hydrogens (tertiary/aromatic N) is 3. The zero-order valence-corrected chi connectivity index (χ0v) is 11.5. The molecule has 0 saturated heterocycles. The minimum Gasteiger partial charge on any atom is -0.217 e. The first-order valence-electron chi connectivity index (χ1n) is 6.21. The summed E-state index contributed by atoms with van der Waals surface area (Å²) in [4.78, 5) is 0. The maximum Gasteiger partial charge on any atom is 0.151 e. The lowest BCUT2D eigenvalue weighted by Gasteiger charge is -2.03. The molecule has 3 aromatic rings. The Hall–Kier alpha value is -2.64. The van der Waals surface area contributed by atoms with E-state index in [4.69, 9.17) is 11.6 Å². The van der Waals surface area contributed by atoms with Gasteiger partial charge in [-0.15, -0.1) is 0 Å². The lowest BCUT2D eigenvalue weighted by Crippen LogP contribution is -1.99. The minimum absolute atomic E-state index is 0.0986. The molecular formula is C16H9ClFN3. The summed E-state index contributed by atoms with van der Waals surface area (Å²) in [7, 11) is 0. The Morgan fingerprint density at radius 3 is 2.38 bits per heavy atom. The molecule has 0 aliphatic heterocycles. The molecule has 0 saturated carbocycles. The van der Waals surface area contributed by atoms with Gasteiger partial charge in [0.25, 0.3) is 0 Å². The summed E-state index contributed by atoms with van der Waals surface area (Å²) < 4.78 is 15.1. The summed E-state index contributed by atoms with van der Waals surface area (Å²) in [5, 5.41) is 13.7. The molecule has 102 valence electrons. The van der Waals surface area contributed by atoms with Crippen LogP contribution in [0.3, 0.4) is 0 Å². The molecule has 3 rings (SSSR count). The zero-order chi connectivity index (χ0) is 14.8. The summed E-state index contributed by atoms with van der Waals surface area (Å²) in [5.74, 6) is -0.453. The largest absolute Gasteiger partial charge is 0.217 e. The molecule has 3 nitrogen and oxygen atoms in total. The monoisotopic (exact) mass is 297 g/mol. The number of rotatable bonds is 2. The van der Waals surface area contributed by atoms with Gasteiger partial charge in [-0.3, -0.25) is 0 Å². The molecule has 21 heavy (non-hydrogen) atoms.